The molecule has 1 aliphatic heterocycles. The lowest BCUT2D eigenvalue weighted by atomic mass is 10.2. The van der Waals surface area contributed by atoms with Gasteiger partial charge >= 0.3 is 0 Å². The molecular formula is C8H13F2NO3. The molecule has 0 bridgehead atoms. The number of ether oxygens (including phenoxy) is 1. The summed E-state index contributed by atoms with van der Waals surface area (Å²) in [5.74, 6) is -3.79. The van der Waals surface area contributed by atoms with Crippen molar-refractivity contribution in [1.82, 2.24) is 5.32 Å². The molecule has 0 aromatic heterocycles. The predicted molar refractivity (Wildman–Crippen MR) is 44.0 cm³/mol. The van der Waals surface area contributed by atoms with E-state index in [0.717, 1.165) is 6.42 Å². The molecule has 1 atom stereocenters. The van der Waals surface area contributed by atoms with Crippen molar-refractivity contribution in [3.8, 4) is 0 Å². The van der Waals surface area contributed by atoms with Crippen LogP contribution < -0.4 is 5.32 Å². The summed E-state index contributed by atoms with van der Waals surface area (Å²) in [5.41, 5.74) is 0. The highest BCUT2D eigenvalue weighted by Crippen LogP contribution is 2.13. The molecule has 0 radical (unpaired) electrons. The van der Waals surface area contributed by atoms with Crippen LogP contribution in [0.15, 0.2) is 0 Å². The van der Waals surface area contributed by atoms with Gasteiger partial charge in [0.2, 0.25) is 5.91 Å². The van der Waals surface area contributed by atoms with Crippen LogP contribution in [0.3, 0.4) is 0 Å². The molecule has 0 aromatic rings. The number of nitrogens with one attached hydrogen (secondary N) is 1. The number of carbonyl (C=O) groups excluding carboxylic acids is 1. The van der Waals surface area contributed by atoms with E-state index in [0.29, 0.717) is 13.0 Å². The van der Waals surface area contributed by atoms with Gasteiger partial charge in [-0.05, 0) is 12.8 Å². The minimum absolute atomic E-state index is 0.495. The molecule has 1 aliphatic rings. The molecule has 4 nitrogen and oxygen atoms in total. The second-order valence-electron chi connectivity index (χ2n) is 3.23. The number of aliphatic hydroxyl groups is 1. The monoisotopic (exact) mass is 209 g/mol. The van der Waals surface area contributed by atoms with Crippen LogP contribution in [0.1, 0.15) is 12.8 Å². The van der Waals surface area contributed by atoms with Gasteiger partial charge in [0.05, 0.1) is 6.54 Å². The van der Waals surface area contributed by atoms with Crippen LogP contribution >= 0.6 is 0 Å². The Bertz CT molecular complexity index is 205. The van der Waals surface area contributed by atoms with E-state index >= 15 is 0 Å². The van der Waals surface area contributed by atoms with E-state index in [1.807, 2.05) is 5.32 Å². The Labute approximate surface area is 80.2 Å². The molecule has 0 spiro atoms. The minimum Gasteiger partial charge on any atom is -0.390 e. The Morgan fingerprint density at radius 3 is 2.86 bits per heavy atom. The molecule has 1 amide bonds. The maximum absolute atomic E-state index is 12.5. The van der Waals surface area contributed by atoms with E-state index in [9.17, 15) is 13.6 Å². The van der Waals surface area contributed by atoms with E-state index in [1.54, 1.807) is 0 Å². The Morgan fingerprint density at radius 2 is 2.36 bits per heavy atom. The zero-order valence-electron chi connectivity index (χ0n) is 7.63. The lowest BCUT2D eigenvalue weighted by Gasteiger charge is -2.15. The number of rotatable bonds is 4. The molecule has 0 aromatic carbocycles. The summed E-state index contributed by atoms with van der Waals surface area (Å²) in [7, 11) is 0. The van der Waals surface area contributed by atoms with Crippen molar-refractivity contribution in [1.29, 1.82) is 0 Å². The van der Waals surface area contributed by atoms with E-state index in [4.69, 9.17) is 9.84 Å². The average Bonchev–Trinajstić information content (AvgIpc) is 2.67. The van der Waals surface area contributed by atoms with E-state index in [-0.39, 0.29) is 0 Å². The molecule has 1 saturated heterocycles. The van der Waals surface area contributed by atoms with Crippen molar-refractivity contribution in [2.45, 2.75) is 24.9 Å². The van der Waals surface area contributed by atoms with Gasteiger partial charge in [0.1, 0.15) is 12.7 Å². The van der Waals surface area contributed by atoms with Gasteiger partial charge in [-0.2, -0.15) is 0 Å². The summed E-state index contributed by atoms with van der Waals surface area (Å²) < 4.78 is 30.0. The first-order chi connectivity index (χ1) is 6.55. The standard InChI is InChI=1S/C8H13F2NO3/c9-8(10,5-12)4-11-7(13)6-2-1-3-14-6/h6,12H,1-5H2,(H,11,13). The third kappa shape index (κ3) is 3.19. The summed E-state index contributed by atoms with van der Waals surface area (Å²) in [6.07, 6.45) is 0.731. The van der Waals surface area contributed by atoms with Gasteiger partial charge in [0.15, 0.2) is 0 Å². The maximum atomic E-state index is 12.5. The second-order valence-corrected chi connectivity index (χ2v) is 3.23. The number of alkyl halides is 2. The van der Waals surface area contributed by atoms with Crippen molar-refractivity contribution in [2.75, 3.05) is 19.8 Å². The smallest absolute Gasteiger partial charge is 0.287 e. The van der Waals surface area contributed by atoms with Crippen molar-refractivity contribution < 1.29 is 23.4 Å². The van der Waals surface area contributed by atoms with Crippen molar-refractivity contribution in [3.05, 3.63) is 0 Å². The van der Waals surface area contributed by atoms with Gasteiger partial charge < -0.3 is 15.2 Å². The van der Waals surface area contributed by atoms with Crippen molar-refractivity contribution >= 4 is 5.91 Å². The molecule has 1 fully saturated rings. The molecule has 6 heteroatoms. The van der Waals surface area contributed by atoms with Gasteiger partial charge in [-0.3, -0.25) is 4.79 Å². The number of carbonyl (C=O) groups is 1. The third-order valence-corrected chi connectivity index (χ3v) is 1.97. The highest BCUT2D eigenvalue weighted by atomic mass is 19.3. The van der Waals surface area contributed by atoms with Crippen LogP contribution in [0.4, 0.5) is 8.78 Å². The Kier molecular flexibility index (Phi) is 3.77. The molecule has 0 aliphatic carbocycles. The summed E-state index contributed by atoms with van der Waals surface area (Å²) >= 11 is 0. The first kappa shape index (κ1) is 11.3. The molecule has 14 heavy (non-hydrogen) atoms. The van der Waals surface area contributed by atoms with E-state index in [2.05, 4.69) is 0 Å². The lowest BCUT2D eigenvalue weighted by molar-refractivity contribution is -0.132. The van der Waals surface area contributed by atoms with Gasteiger partial charge in [-0.15, -0.1) is 0 Å². The summed E-state index contributed by atoms with van der Waals surface area (Å²) in [5, 5.41) is 10.3. The summed E-state index contributed by atoms with van der Waals surface area (Å²) in [6.45, 7) is -1.62. The molecule has 1 rings (SSSR count). The molecule has 0 saturated carbocycles. The molecular weight excluding hydrogens is 196 g/mol. The fourth-order valence-corrected chi connectivity index (χ4v) is 1.17. The van der Waals surface area contributed by atoms with Crippen LogP contribution in [0, 0.1) is 0 Å². The topological polar surface area (TPSA) is 58.6 Å². The number of hydrogen-bond acceptors (Lipinski definition) is 3. The fraction of sp³-hybridized carbons (Fsp3) is 0.875. The van der Waals surface area contributed by atoms with Crippen LogP contribution in [-0.2, 0) is 9.53 Å². The first-order valence-electron chi connectivity index (χ1n) is 4.43. The zero-order chi connectivity index (χ0) is 10.6. The van der Waals surface area contributed by atoms with Crippen molar-refractivity contribution in [2.24, 2.45) is 0 Å². The number of hydrogen-bond donors (Lipinski definition) is 2. The largest absolute Gasteiger partial charge is 0.390 e. The third-order valence-electron chi connectivity index (χ3n) is 1.97. The highest BCUT2D eigenvalue weighted by molar-refractivity contribution is 5.80. The Balaban J connectivity index is 2.27. The maximum Gasteiger partial charge on any atom is 0.287 e. The first-order valence-corrected chi connectivity index (χ1v) is 4.43. The van der Waals surface area contributed by atoms with Gasteiger partial charge in [-0.1, -0.05) is 0 Å². The molecule has 1 heterocycles. The predicted octanol–water partition coefficient (Wildman–Crippen LogP) is -0.0908. The van der Waals surface area contributed by atoms with E-state index in [1.165, 1.54) is 0 Å². The number of amides is 1. The highest BCUT2D eigenvalue weighted by Gasteiger charge is 2.30. The molecule has 2 N–H and O–H groups in total. The molecule has 82 valence electrons. The van der Waals surface area contributed by atoms with Crippen LogP contribution in [0.2, 0.25) is 0 Å². The van der Waals surface area contributed by atoms with E-state index < -0.39 is 31.1 Å². The normalized spacial score (nSPS) is 22.4. The van der Waals surface area contributed by atoms with Crippen LogP contribution in [-0.4, -0.2) is 42.8 Å². The lowest BCUT2D eigenvalue weighted by Crippen LogP contribution is -2.43. The minimum atomic E-state index is -3.26. The molecule has 1 unspecified atom stereocenters. The number of aliphatic hydroxyl groups excluding tert-OH is 1. The van der Waals surface area contributed by atoms with Gasteiger partial charge in [-0.25, -0.2) is 8.78 Å². The van der Waals surface area contributed by atoms with Crippen molar-refractivity contribution in [3.63, 3.8) is 0 Å². The average molecular weight is 209 g/mol. The van der Waals surface area contributed by atoms with Crippen LogP contribution in [0.25, 0.3) is 0 Å². The quantitative estimate of drug-likeness (QED) is 0.680. The summed E-state index contributed by atoms with van der Waals surface area (Å²) in [6, 6.07) is 0. The van der Waals surface area contributed by atoms with Gasteiger partial charge in [0.25, 0.3) is 5.92 Å². The Morgan fingerprint density at radius 1 is 1.64 bits per heavy atom. The van der Waals surface area contributed by atoms with Crippen LogP contribution in [0.5, 0.6) is 0 Å². The zero-order valence-corrected chi connectivity index (χ0v) is 7.63. The number of halogens is 2. The second kappa shape index (κ2) is 4.65. The SMILES string of the molecule is O=C(NCC(F)(F)CO)C1CCCO1. The van der Waals surface area contributed by atoms with Gasteiger partial charge in [0, 0.05) is 6.61 Å². The summed E-state index contributed by atoms with van der Waals surface area (Å²) in [4.78, 5) is 11.2. The Hall–Kier alpha value is -0.750. The fourth-order valence-electron chi connectivity index (χ4n) is 1.17.